The molecule has 36 heavy (non-hydrogen) atoms. The topological polar surface area (TPSA) is 96.4 Å². The maximum Gasteiger partial charge on any atom is 0.274 e. The van der Waals surface area contributed by atoms with Crippen LogP contribution in [-0.2, 0) is 11.8 Å². The maximum atomic E-state index is 14.4. The molecule has 2 amide bonds. The number of halogens is 2. The molecule has 0 aliphatic carbocycles. The van der Waals surface area contributed by atoms with Gasteiger partial charge in [0.15, 0.2) is 11.6 Å². The summed E-state index contributed by atoms with van der Waals surface area (Å²) < 4.78 is 35.0. The summed E-state index contributed by atoms with van der Waals surface area (Å²) in [5.74, 6) is -2.27. The third-order valence-corrected chi connectivity index (χ3v) is 6.27. The lowest BCUT2D eigenvalue weighted by atomic mass is 9.99. The molecule has 1 aliphatic heterocycles. The van der Waals surface area contributed by atoms with Gasteiger partial charge < -0.3 is 24.5 Å². The van der Waals surface area contributed by atoms with E-state index in [9.17, 15) is 23.2 Å². The van der Waals surface area contributed by atoms with E-state index in [-0.39, 0.29) is 28.5 Å². The summed E-state index contributed by atoms with van der Waals surface area (Å²) in [4.78, 5) is 42.3. The number of carbonyl (C=O) groups is 2. The molecule has 5 rings (SSSR count). The molecular weight excluding hydrogens is 470 g/mol. The highest BCUT2D eigenvalue weighted by Crippen LogP contribution is 2.38. The van der Waals surface area contributed by atoms with E-state index < -0.39 is 23.6 Å². The van der Waals surface area contributed by atoms with Crippen molar-refractivity contribution in [2.24, 2.45) is 7.05 Å². The molecule has 0 bridgehead atoms. The molecule has 8 nitrogen and oxygen atoms in total. The van der Waals surface area contributed by atoms with Crippen LogP contribution in [-0.4, -0.2) is 45.9 Å². The Balaban J connectivity index is 1.61. The summed E-state index contributed by atoms with van der Waals surface area (Å²) in [5, 5.41) is 3.33. The number of hydrogen-bond acceptors (Lipinski definition) is 4. The van der Waals surface area contributed by atoms with E-state index in [0.29, 0.717) is 41.1 Å². The van der Waals surface area contributed by atoms with E-state index in [0.717, 1.165) is 6.07 Å². The number of pyridine rings is 1. The van der Waals surface area contributed by atoms with Crippen LogP contribution in [0, 0.1) is 11.6 Å². The average molecular weight is 492 g/mol. The summed E-state index contributed by atoms with van der Waals surface area (Å²) in [5.41, 5.74) is 1.31. The molecule has 4 aromatic rings. The van der Waals surface area contributed by atoms with Crippen molar-refractivity contribution in [3.63, 3.8) is 0 Å². The normalized spacial score (nSPS) is 15.5. The summed E-state index contributed by atoms with van der Waals surface area (Å²) in [6, 6.07) is 8.60. The Morgan fingerprint density at radius 2 is 1.83 bits per heavy atom. The van der Waals surface area contributed by atoms with Crippen LogP contribution in [0.5, 0.6) is 11.5 Å². The van der Waals surface area contributed by atoms with E-state index in [1.807, 2.05) is 0 Å². The Labute approximate surface area is 204 Å². The smallest absolute Gasteiger partial charge is 0.274 e. The number of aromatic nitrogens is 2. The SMILES string of the molecule is CN1CCC(NC(=O)c2ccc(Oc3ccc(F)cc3F)c(-c3cn(C)c(=O)c4[nH]ccc34)c2)C1=O. The van der Waals surface area contributed by atoms with Crippen LogP contribution in [0.15, 0.2) is 59.7 Å². The van der Waals surface area contributed by atoms with Crippen molar-refractivity contribution in [3.05, 3.63) is 82.4 Å². The minimum atomic E-state index is -0.890. The number of hydrogen-bond donors (Lipinski definition) is 2. The van der Waals surface area contributed by atoms with Gasteiger partial charge >= 0.3 is 0 Å². The third-order valence-electron chi connectivity index (χ3n) is 6.27. The van der Waals surface area contributed by atoms with Crippen molar-refractivity contribution in [2.75, 3.05) is 13.6 Å². The highest BCUT2D eigenvalue weighted by atomic mass is 19.1. The first-order chi connectivity index (χ1) is 17.2. The molecule has 3 heterocycles. The van der Waals surface area contributed by atoms with E-state index >= 15 is 0 Å². The number of aromatic amines is 1. The van der Waals surface area contributed by atoms with E-state index in [1.165, 1.54) is 22.8 Å². The first-order valence-corrected chi connectivity index (χ1v) is 11.2. The van der Waals surface area contributed by atoms with Crippen LogP contribution in [0.3, 0.4) is 0 Å². The molecule has 1 fully saturated rings. The predicted octanol–water partition coefficient (Wildman–Crippen LogP) is 3.56. The Morgan fingerprint density at radius 1 is 1.06 bits per heavy atom. The van der Waals surface area contributed by atoms with Gasteiger partial charge in [0.25, 0.3) is 11.5 Å². The van der Waals surface area contributed by atoms with Crippen molar-refractivity contribution >= 4 is 22.7 Å². The lowest BCUT2D eigenvalue weighted by molar-refractivity contribution is -0.128. The van der Waals surface area contributed by atoms with Gasteiger partial charge in [-0.3, -0.25) is 14.4 Å². The Hall–Kier alpha value is -4.47. The lowest BCUT2D eigenvalue weighted by Crippen LogP contribution is -2.40. The zero-order chi connectivity index (χ0) is 25.6. The molecule has 0 spiro atoms. The minimum absolute atomic E-state index is 0.164. The van der Waals surface area contributed by atoms with Crippen molar-refractivity contribution in [1.82, 2.24) is 19.8 Å². The van der Waals surface area contributed by atoms with Crippen molar-refractivity contribution < 1.29 is 23.1 Å². The number of H-pyrrole nitrogens is 1. The van der Waals surface area contributed by atoms with E-state index in [1.54, 1.807) is 43.5 Å². The summed E-state index contributed by atoms with van der Waals surface area (Å²) in [7, 11) is 3.26. The van der Waals surface area contributed by atoms with Gasteiger partial charge in [-0.2, -0.15) is 0 Å². The fourth-order valence-electron chi connectivity index (χ4n) is 4.33. The van der Waals surface area contributed by atoms with Crippen LogP contribution in [0.25, 0.3) is 22.0 Å². The molecule has 1 unspecified atom stereocenters. The van der Waals surface area contributed by atoms with E-state index in [2.05, 4.69) is 10.3 Å². The van der Waals surface area contributed by atoms with Crippen LogP contribution >= 0.6 is 0 Å². The Morgan fingerprint density at radius 3 is 2.56 bits per heavy atom. The highest BCUT2D eigenvalue weighted by molar-refractivity contribution is 6.01. The van der Waals surface area contributed by atoms with Crippen LogP contribution in [0.2, 0.25) is 0 Å². The highest BCUT2D eigenvalue weighted by Gasteiger charge is 2.30. The second kappa shape index (κ2) is 8.95. The fourth-order valence-corrected chi connectivity index (χ4v) is 4.33. The van der Waals surface area contributed by atoms with Crippen molar-refractivity contribution in [3.8, 4) is 22.6 Å². The van der Waals surface area contributed by atoms with Gasteiger partial charge in [-0.05, 0) is 42.8 Å². The van der Waals surface area contributed by atoms with Crippen LogP contribution < -0.4 is 15.6 Å². The summed E-state index contributed by atoms with van der Waals surface area (Å²) in [6.07, 6.45) is 3.72. The second-order valence-corrected chi connectivity index (χ2v) is 8.69. The molecule has 0 saturated carbocycles. The zero-order valence-electron chi connectivity index (χ0n) is 19.5. The maximum absolute atomic E-state index is 14.4. The molecular formula is C26H22F2N4O4. The fraction of sp³-hybridized carbons (Fsp3) is 0.192. The standard InChI is InChI=1S/C26H22F2N4O4/c1-31-10-8-20(25(31)34)30-24(33)14-3-5-21(36-22-6-4-15(27)12-19(22)28)17(11-14)18-13-32(2)26(35)23-16(18)7-9-29-23/h3-7,9,11-13,20,29H,8,10H2,1-2H3,(H,30,33). The second-order valence-electron chi connectivity index (χ2n) is 8.69. The number of aryl methyl sites for hydroxylation is 1. The average Bonchev–Trinajstić information content (AvgIpc) is 3.46. The number of nitrogens with one attached hydrogen (secondary N) is 2. The molecule has 2 aromatic carbocycles. The van der Waals surface area contributed by atoms with E-state index in [4.69, 9.17) is 4.74 Å². The molecule has 1 saturated heterocycles. The molecule has 0 radical (unpaired) electrons. The number of fused-ring (bicyclic) bond motifs is 1. The first kappa shape index (κ1) is 23.3. The number of nitrogens with zero attached hydrogens (tertiary/aromatic N) is 2. The van der Waals surface area contributed by atoms with Gasteiger partial charge in [0.1, 0.15) is 23.1 Å². The molecule has 1 atom stereocenters. The number of benzene rings is 2. The Bertz CT molecular complexity index is 1580. The van der Waals surface area contributed by atoms with Crippen LogP contribution in [0.4, 0.5) is 8.78 Å². The van der Waals surface area contributed by atoms with Crippen molar-refractivity contribution in [1.29, 1.82) is 0 Å². The zero-order valence-corrected chi connectivity index (χ0v) is 19.5. The number of rotatable bonds is 5. The van der Waals surface area contributed by atoms with Gasteiger partial charge in [0.05, 0.1) is 0 Å². The van der Waals surface area contributed by atoms with Gasteiger partial charge in [-0.25, -0.2) is 8.78 Å². The van der Waals surface area contributed by atoms with Crippen molar-refractivity contribution in [2.45, 2.75) is 12.5 Å². The predicted molar refractivity (Wildman–Crippen MR) is 129 cm³/mol. The Kier molecular flexibility index (Phi) is 5.79. The molecule has 2 N–H and O–H groups in total. The van der Waals surface area contributed by atoms with Crippen LogP contribution in [0.1, 0.15) is 16.8 Å². The number of likely N-dealkylation sites (tertiary alicyclic amines) is 1. The van der Waals surface area contributed by atoms with Gasteiger partial charge in [0, 0.05) is 61.2 Å². The first-order valence-electron chi connectivity index (χ1n) is 11.2. The number of likely N-dealkylation sites (N-methyl/N-ethyl adjacent to an activating group) is 1. The lowest BCUT2D eigenvalue weighted by Gasteiger charge is -2.16. The largest absolute Gasteiger partial charge is 0.454 e. The summed E-state index contributed by atoms with van der Waals surface area (Å²) in [6.45, 7) is 0.550. The number of carbonyl (C=O) groups excluding carboxylic acids is 2. The molecule has 184 valence electrons. The molecule has 10 heteroatoms. The summed E-state index contributed by atoms with van der Waals surface area (Å²) >= 11 is 0. The monoisotopic (exact) mass is 492 g/mol. The number of ether oxygens (including phenoxy) is 1. The minimum Gasteiger partial charge on any atom is -0.454 e. The number of amides is 2. The molecule has 2 aromatic heterocycles. The van der Waals surface area contributed by atoms with Gasteiger partial charge in [-0.15, -0.1) is 0 Å². The van der Waals surface area contributed by atoms with Gasteiger partial charge in [-0.1, -0.05) is 0 Å². The third kappa shape index (κ3) is 4.10. The quantitative estimate of drug-likeness (QED) is 0.445. The molecule has 1 aliphatic rings. The van der Waals surface area contributed by atoms with Gasteiger partial charge in [0.2, 0.25) is 5.91 Å².